The molecule has 1 aromatic carbocycles. The van der Waals surface area contributed by atoms with Gasteiger partial charge in [0.1, 0.15) is 0 Å². The topological polar surface area (TPSA) is 56.1 Å². The molecule has 2 aromatic rings. The second-order valence-corrected chi connectivity index (χ2v) is 6.02. The first kappa shape index (κ1) is 15.1. The molecule has 2 heterocycles. The Morgan fingerprint density at radius 2 is 1.86 bits per heavy atom. The number of morpholine rings is 1. The van der Waals surface area contributed by atoms with Crippen molar-refractivity contribution in [3.63, 3.8) is 0 Å². The van der Waals surface area contributed by atoms with Crippen LogP contribution in [0.25, 0.3) is 0 Å². The number of nitrogens with zero attached hydrogens (tertiary/aromatic N) is 5. The minimum atomic E-state index is 0.225. The summed E-state index contributed by atoms with van der Waals surface area (Å²) in [5.41, 5.74) is 1.21. The number of aromatic nitrogens is 4. The van der Waals surface area contributed by atoms with Gasteiger partial charge >= 0.3 is 0 Å². The van der Waals surface area contributed by atoms with Crippen LogP contribution in [0.2, 0.25) is 0 Å². The summed E-state index contributed by atoms with van der Waals surface area (Å²) in [5, 5.41) is 12.5. The molecule has 1 aliphatic rings. The molecule has 1 aliphatic heterocycles. The number of benzene rings is 1. The van der Waals surface area contributed by atoms with Crippen LogP contribution in [0.4, 0.5) is 0 Å². The average Bonchev–Trinajstić information content (AvgIpc) is 2.97. The number of rotatable bonds is 5. The quantitative estimate of drug-likeness (QED) is 0.842. The summed E-state index contributed by atoms with van der Waals surface area (Å²) in [7, 11) is 0. The second kappa shape index (κ2) is 6.98. The normalized spacial score (nSPS) is 17.8. The predicted octanol–water partition coefficient (Wildman–Crippen LogP) is 1.75. The molecule has 22 heavy (non-hydrogen) atoms. The molecule has 0 unspecified atom stereocenters. The van der Waals surface area contributed by atoms with E-state index in [1.807, 2.05) is 22.9 Å². The van der Waals surface area contributed by atoms with Gasteiger partial charge in [0.05, 0.1) is 25.8 Å². The van der Waals surface area contributed by atoms with Gasteiger partial charge in [-0.1, -0.05) is 44.2 Å². The van der Waals surface area contributed by atoms with Gasteiger partial charge in [-0.25, -0.2) is 4.68 Å². The van der Waals surface area contributed by atoms with Gasteiger partial charge in [0.25, 0.3) is 0 Å². The Balaban J connectivity index is 1.84. The zero-order valence-electron chi connectivity index (χ0n) is 13.2. The average molecular weight is 301 g/mol. The summed E-state index contributed by atoms with van der Waals surface area (Å²) < 4.78 is 7.40. The molecule has 6 nitrogen and oxygen atoms in total. The fourth-order valence-corrected chi connectivity index (χ4v) is 3.03. The van der Waals surface area contributed by atoms with Crippen molar-refractivity contribution >= 4 is 0 Å². The van der Waals surface area contributed by atoms with E-state index in [2.05, 4.69) is 46.4 Å². The maximum atomic E-state index is 5.47. The molecule has 0 saturated carbocycles. The summed E-state index contributed by atoms with van der Waals surface area (Å²) >= 11 is 0. The third-order valence-electron chi connectivity index (χ3n) is 4.07. The standard InChI is InChI=1S/C16H23N5O/c1-13(2)15(20-8-10-22-11-9-20)16-17-18-19-21(16)12-14-6-4-3-5-7-14/h3-7,13,15H,8-12H2,1-2H3/t15-/m0/s1. The molecule has 6 heteroatoms. The van der Waals surface area contributed by atoms with E-state index in [4.69, 9.17) is 4.74 Å². The maximum Gasteiger partial charge on any atom is 0.169 e. The molecule has 1 atom stereocenters. The molecule has 0 bridgehead atoms. The van der Waals surface area contributed by atoms with E-state index in [-0.39, 0.29) is 6.04 Å². The Morgan fingerprint density at radius 1 is 1.14 bits per heavy atom. The van der Waals surface area contributed by atoms with Crippen molar-refractivity contribution in [3.8, 4) is 0 Å². The van der Waals surface area contributed by atoms with Crippen LogP contribution >= 0.6 is 0 Å². The molecule has 1 aromatic heterocycles. The van der Waals surface area contributed by atoms with Crippen molar-refractivity contribution in [2.75, 3.05) is 26.3 Å². The van der Waals surface area contributed by atoms with E-state index in [1.54, 1.807) is 0 Å². The zero-order valence-corrected chi connectivity index (χ0v) is 13.2. The summed E-state index contributed by atoms with van der Waals surface area (Å²) in [4.78, 5) is 2.43. The van der Waals surface area contributed by atoms with Crippen molar-refractivity contribution in [2.45, 2.75) is 26.4 Å². The highest BCUT2D eigenvalue weighted by atomic mass is 16.5. The fourth-order valence-electron chi connectivity index (χ4n) is 3.03. The first-order valence-corrected chi connectivity index (χ1v) is 7.87. The monoisotopic (exact) mass is 301 g/mol. The Kier molecular flexibility index (Phi) is 4.80. The van der Waals surface area contributed by atoms with Crippen LogP contribution in [0.5, 0.6) is 0 Å². The Bertz CT molecular complexity index is 577. The lowest BCUT2D eigenvalue weighted by atomic mass is 10.0. The number of hydrogen-bond acceptors (Lipinski definition) is 5. The smallest absolute Gasteiger partial charge is 0.169 e. The van der Waals surface area contributed by atoms with E-state index >= 15 is 0 Å². The number of hydrogen-bond donors (Lipinski definition) is 0. The molecule has 1 fully saturated rings. The van der Waals surface area contributed by atoms with Crippen molar-refractivity contribution in [1.82, 2.24) is 25.1 Å². The van der Waals surface area contributed by atoms with Gasteiger partial charge in [0.2, 0.25) is 0 Å². The van der Waals surface area contributed by atoms with Gasteiger partial charge in [-0.15, -0.1) is 5.10 Å². The predicted molar refractivity (Wildman–Crippen MR) is 83.3 cm³/mol. The number of ether oxygens (including phenoxy) is 1. The lowest BCUT2D eigenvalue weighted by Crippen LogP contribution is -2.42. The Hall–Kier alpha value is -1.79. The van der Waals surface area contributed by atoms with Crippen LogP contribution in [-0.4, -0.2) is 51.4 Å². The van der Waals surface area contributed by atoms with Crippen LogP contribution in [0, 0.1) is 5.92 Å². The Morgan fingerprint density at radius 3 is 2.55 bits per heavy atom. The highest BCUT2D eigenvalue weighted by Crippen LogP contribution is 2.27. The van der Waals surface area contributed by atoms with Gasteiger partial charge in [-0.05, 0) is 21.9 Å². The molecule has 0 amide bonds. The second-order valence-electron chi connectivity index (χ2n) is 6.02. The molecule has 3 rings (SSSR count). The molecule has 1 saturated heterocycles. The molecule has 0 radical (unpaired) electrons. The minimum Gasteiger partial charge on any atom is -0.379 e. The molecule has 118 valence electrons. The van der Waals surface area contributed by atoms with Gasteiger partial charge in [0, 0.05) is 13.1 Å². The third kappa shape index (κ3) is 3.34. The highest BCUT2D eigenvalue weighted by molar-refractivity contribution is 5.15. The van der Waals surface area contributed by atoms with E-state index < -0.39 is 0 Å². The van der Waals surface area contributed by atoms with E-state index in [9.17, 15) is 0 Å². The van der Waals surface area contributed by atoms with Crippen LogP contribution in [0.1, 0.15) is 31.3 Å². The van der Waals surface area contributed by atoms with E-state index in [0.717, 1.165) is 32.1 Å². The molecule has 0 aliphatic carbocycles. The molecular formula is C16H23N5O. The minimum absolute atomic E-state index is 0.225. The van der Waals surface area contributed by atoms with Gasteiger partial charge in [0.15, 0.2) is 5.82 Å². The first-order chi connectivity index (χ1) is 10.8. The fraction of sp³-hybridized carbons (Fsp3) is 0.562. The zero-order chi connectivity index (χ0) is 15.4. The van der Waals surface area contributed by atoms with Crippen molar-refractivity contribution in [3.05, 3.63) is 41.7 Å². The van der Waals surface area contributed by atoms with Gasteiger partial charge in [-0.3, -0.25) is 4.90 Å². The number of tetrazole rings is 1. The van der Waals surface area contributed by atoms with Gasteiger partial charge < -0.3 is 4.74 Å². The molecule has 0 spiro atoms. The summed E-state index contributed by atoms with van der Waals surface area (Å²) in [6.07, 6.45) is 0. The van der Waals surface area contributed by atoms with Crippen molar-refractivity contribution in [2.24, 2.45) is 5.92 Å². The first-order valence-electron chi connectivity index (χ1n) is 7.87. The van der Waals surface area contributed by atoms with Crippen molar-refractivity contribution in [1.29, 1.82) is 0 Å². The van der Waals surface area contributed by atoms with Crippen LogP contribution in [0.3, 0.4) is 0 Å². The van der Waals surface area contributed by atoms with Crippen LogP contribution in [0.15, 0.2) is 30.3 Å². The van der Waals surface area contributed by atoms with Gasteiger partial charge in [-0.2, -0.15) is 0 Å². The molecule has 0 N–H and O–H groups in total. The summed E-state index contributed by atoms with van der Waals surface area (Å²) in [6.45, 7) is 8.58. The Labute approximate surface area is 131 Å². The highest BCUT2D eigenvalue weighted by Gasteiger charge is 2.30. The third-order valence-corrected chi connectivity index (χ3v) is 4.07. The summed E-state index contributed by atoms with van der Waals surface area (Å²) in [6, 6.07) is 10.5. The largest absolute Gasteiger partial charge is 0.379 e. The van der Waals surface area contributed by atoms with Crippen LogP contribution < -0.4 is 0 Å². The van der Waals surface area contributed by atoms with Crippen LogP contribution in [-0.2, 0) is 11.3 Å². The SMILES string of the molecule is CC(C)[C@@H](c1nnnn1Cc1ccccc1)N1CCOCC1. The lowest BCUT2D eigenvalue weighted by molar-refractivity contribution is 0.00235. The van der Waals surface area contributed by atoms with E-state index in [0.29, 0.717) is 12.5 Å². The molecular weight excluding hydrogens is 278 g/mol. The van der Waals surface area contributed by atoms with Crippen molar-refractivity contribution < 1.29 is 4.74 Å². The maximum absolute atomic E-state index is 5.47. The van der Waals surface area contributed by atoms with E-state index in [1.165, 1.54) is 5.56 Å². The summed E-state index contributed by atoms with van der Waals surface area (Å²) in [5.74, 6) is 1.39. The lowest BCUT2D eigenvalue weighted by Gasteiger charge is -2.35.